The number of benzene rings is 1. The van der Waals surface area contributed by atoms with Crippen LogP contribution in [0.5, 0.6) is 0 Å². The number of hydrogen-bond acceptors (Lipinski definition) is 5. The monoisotopic (exact) mass is 426 g/mol. The van der Waals surface area contributed by atoms with Gasteiger partial charge in [0.2, 0.25) is 0 Å². The third-order valence-electron chi connectivity index (χ3n) is 6.38. The molecule has 0 aliphatic carbocycles. The van der Waals surface area contributed by atoms with Crippen molar-refractivity contribution in [1.82, 2.24) is 19.6 Å². The Bertz CT molecular complexity index is 811. The van der Waals surface area contributed by atoms with Crippen molar-refractivity contribution in [3.05, 3.63) is 48.3 Å². The van der Waals surface area contributed by atoms with Crippen LogP contribution in [0.2, 0.25) is 0 Å². The van der Waals surface area contributed by atoms with E-state index < -0.39 is 0 Å². The number of carbonyl (C=O) groups excluding carboxylic acids is 1. The van der Waals surface area contributed by atoms with Gasteiger partial charge in [-0.2, -0.15) is 5.10 Å². The van der Waals surface area contributed by atoms with Crippen LogP contribution in [0.15, 0.2) is 42.7 Å². The lowest BCUT2D eigenvalue weighted by Crippen LogP contribution is -2.44. The number of para-hydroxylation sites is 1. The summed E-state index contributed by atoms with van der Waals surface area (Å²) in [6.07, 6.45) is 8.01. The number of aromatic nitrogens is 2. The molecule has 1 atom stereocenters. The smallest absolute Gasteiger partial charge is 0.257 e. The van der Waals surface area contributed by atoms with Gasteiger partial charge in [0.15, 0.2) is 0 Å². The van der Waals surface area contributed by atoms with E-state index in [0.29, 0.717) is 18.0 Å². The van der Waals surface area contributed by atoms with E-state index in [9.17, 15) is 4.79 Å². The number of carbonyl (C=O) groups is 1. The van der Waals surface area contributed by atoms with Crippen molar-refractivity contribution >= 4 is 5.91 Å². The van der Waals surface area contributed by atoms with Gasteiger partial charge in [0.05, 0.1) is 30.2 Å². The summed E-state index contributed by atoms with van der Waals surface area (Å²) < 4.78 is 12.8. The summed E-state index contributed by atoms with van der Waals surface area (Å²) in [7, 11) is 1.75. The fraction of sp³-hybridized carbons (Fsp3) is 0.583. The third-order valence-corrected chi connectivity index (χ3v) is 6.38. The Labute approximate surface area is 184 Å². The zero-order valence-corrected chi connectivity index (χ0v) is 18.5. The first-order chi connectivity index (χ1) is 15.2. The van der Waals surface area contributed by atoms with Crippen LogP contribution in [0, 0.1) is 5.92 Å². The van der Waals surface area contributed by atoms with E-state index in [1.807, 2.05) is 41.4 Å². The molecule has 7 heteroatoms. The number of methoxy groups -OCH3 is 1. The number of hydrogen-bond donors (Lipinski definition) is 0. The number of ether oxygens (including phenoxy) is 2. The topological polar surface area (TPSA) is 59.8 Å². The second-order valence-electron chi connectivity index (χ2n) is 8.63. The van der Waals surface area contributed by atoms with Gasteiger partial charge in [-0.1, -0.05) is 18.2 Å². The highest BCUT2D eigenvalue weighted by molar-refractivity contribution is 5.93. The Morgan fingerprint density at radius 1 is 1.19 bits per heavy atom. The first kappa shape index (κ1) is 22.0. The number of likely N-dealkylation sites (tertiary alicyclic amines) is 1. The average Bonchev–Trinajstić information content (AvgIpc) is 3.51. The van der Waals surface area contributed by atoms with Gasteiger partial charge in [-0.3, -0.25) is 4.79 Å². The van der Waals surface area contributed by atoms with Crippen LogP contribution in [0.1, 0.15) is 36.0 Å². The number of rotatable bonds is 9. The molecule has 1 aromatic carbocycles. The molecule has 1 aromatic heterocycles. The van der Waals surface area contributed by atoms with Crippen molar-refractivity contribution in [2.24, 2.45) is 5.92 Å². The molecular weight excluding hydrogens is 392 g/mol. The lowest BCUT2D eigenvalue weighted by molar-refractivity contribution is 0.0437. The van der Waals surface area contributed by atoms with E-state index in [2.05, 4.69) is 10.00 Å². The maximum absolute atomic E-state index is 13.4. The molecule has 31 heavy (non-hydrogen) atoms. The van der Waals surface area contributed by atoms with Crippen molar-refractivity contribution < 1.29 is 14.3 Å². The van der Waals surface area contributed by atoms with E-state index in [-0.39, 0.29) is 12.0 Å². The van der Waals surface area contributed by atoms with Crippen LogP contribution in [0.4, 0.5) is 0 Å². The molecule has 1 amide bonds. The summed E-state index contributed by atoms with van der Waals surface area (Å²) in [6.45, 7) is 6.16. The molecule has 3 heterocycles. The summed E-state index contributed by atoms with van der Waals surface area (Å²) in [6, 6.07) is 9.90. The highest BCUT2D eigenvalue weighted by Gasteiger charge is 2.28. The number of amides is 1. The molecule has 168 valence electrons. The molecular formula is C24H34N4O3. The van der Waals surface area contributed by atoms with Crippen LogP contribution < -0.4 is 0 Å². The second kappa shape index (κ2) is 10.9. The van der Waals surface area contributed by atoms with Crippen LogP contribution >= 0.6 is 0 Å². The van der Waals surface area contributed by atoms with E-state index in [4.69, 9.17) is 9.47 Å². The zero-order chi connectivity index (χ0) is 21.5. The third kappa shape index (κ3) is 5.93. The molecule has 2 aliphatic rings. The Hall–Kier alpha value is -2.22. The summed E-state index contributed by atoms with van der Waals surface area (Å²) >= 11 is 0. The maximum atomic E-state index is 13.4. The fourth-order valence-corrected chi connectivity index (χ4v) is 4.54. The minimum atomic E-state index is 0.0551. The highest BCUT2D eigenvalue weighted by atomic mass is 16.5. The first-order valence-electron chi connectivity index (χ1n) is 11.4. The van der Waals surface area contributed by atoms with E-state index in [1.54, 1.807) is 18.0 Å². The largest absolute Gasteiger partial charge is 0.383 e. The molecule has 0 bridgehead atoms. The first-order valence-corrected chi connectivity index (χ1v) is 11.4. The van der Waals surface area contributed by atoms with Gasteiger partial charge < -0.3 is 19.3 Å². The Morgan fingerprint density at radius 3 is 2.71 bits per heavy atom. The molecule has 4 rings (SSSR count). The van der Waals surface area contributed by atoms with Gasteiger partial charge in [0.1, 0.15) is 0 Å². The molecule has 2 aromatic rings. The highest BCUT2D eigenvalue weighted by Crippen LogP contribution is 2.22. The van der Waals surface area contributed by atoms with Gasteiger partial charge in [0, 0.05) is 39.5 Å². The lowest BCUT2D eigenvalue weighted by atomic mass is 9.95. The molecule has 2 fully saturated rings. The quantitative estimate of drug-likeness (QED) is 0.617. The minimum Gasteiger partial charge on any atom is -0.383 e. The predicted molar refractivity (Wildman–Crippen MR) is 119 cm³/mol. The molecule has 7 nitrogen and oxygen atoms in total. The normalized spacial score (nSPS) is 20.2. The Kier molecular flexibility index (Phi) is 7.72. The SMILES string of the molecule is COCCN1CCC(CN(CC2CCCO2)C(=O)c2cnn(-c3ccccc3)c2)CC1. The molecule has 1 unspecified atom stereocenters. The van der Waals surface area contributed by atoms with Crippen molar-refractivity contribution in [2.45, 2.75) is 31.8 Å². The molecule has 0 N–H and O–H groups in total. The maximum Gasteiger partial charge on any atom is 0.257 e. The van der Waals surface area contributed by atoms with E-state index in [1.165, 1.54) is 0 Å². The fourth-order valence-electron chi connectivity index (χ4n) is 4.54. The average molecular weight is 427 g/mol. The van der Waals surface area contributed by atoms with Gasteiger partial charge >= 0.3 is 0 Å². The molecule has 2 saturated heterocycles. The predicted octanol–water partition coefficient (Wildman–Crippen LogP) is 2.85. The van der Waals surface area contributed by atoms with E-state index in [0.717, 1.165) is 70.8 Å². The molecule has 2 aliphatic heterocycles. The van der Waals surface area contributed by atoms with Crippen molar-refractivity contribution in [1.29, 1.82) is 0 Å². The zero-order valence-electron chi connectivity index (χ0n) is 18.5. The van der Waals surface area contributed by atoms with Gasteiger partial charge in [0.25, 0.3) is 5.91 Å². The molecule has 0 spiro atoms. The summed E-state index contributed by atoms with van der Waals surface area (Å²) in [5.74, 6) is 0.577. The van der Waals surface area contributed by atoms with E-state index >= 15 is 0 Å². The molecule has 0 saturated carbocycles. The minimum absolute atomic E-state index is 0.0551. The van der Waals surface area contributed by atoms with Gasteiger partial charge in [-0.15, -0.1) is 0 Å². The summed E-state index contributed by atoms with van der Waals surface area (Å²) in [5.41, 5.74) is 1.59. The van der Waals surface area contributed by atoms with Gasteiger partial charge in [-0.05, 0) is 56.8 Å². The second-order valence-corrected chi connectivity index (χ2v) is 8.63. The summed E-state index contributed by atoms with van der Waals surface area (Å²) in [5, 5.41) is 4.43. The lowest BCUT2D eigenvalue weighted by Gasteiger charge is -2.35. The van der Waals surface area contributed by atoms with Crippen LogP contribution in [0.25, 0.3) is 5.69 Å². The Morgan fingerprint density at radius 2 is 2.00 bits per heavy atom. The van der Waals surface area contributed by atoms with Crippen LogP contribution in [0.3, 0.4) is 0 Å². The number of piperidine rings is 1. The summed E-state index contributed by atoms with van der Waals surface area (Å²) in [4.78, 5) is 17.9. The van der Waals surface area contributed by atoms with Crippen LogP contribution in [-0.2, 0) is 9.47 Å². The van der Waals surface area contributed by atoms with Crippen molar-refractivity contribution in [2.75, 3.05) is 53.0 Å². The van der Waals surface area contributed by atoms with Crippen molar-refractivity contribution in [3.8, 4) is 5.69 Å². The van der Waals surface area contributed by atoms with Gasteiger partial charge in [-0.25, -0.2) is 4.68 Å². The number of nitrogens with zero attached hydrogens (tertiary/aromatic N) is 4. The standard InChI is InChI=1S/C24H34N4O3/c1-30-15-13-26-11-9-20(10-12-26)17-27(19-23-8-5-14-31-23)24(29)21-16-25-28(18-21)22-6-3-2-4-7-22/h2-4,6-7,16,18,20,23H,5,8-15,17,19H2,1H3. The molecule has 0 radical (unpaired) electrons. The van der Waals surface area contributed by atoms with Crippen molar-refractivity contribution in [3.63, 3.8) is 0 Å². The Balaban J connectivity index is 1.41. The van der Waals surface area contributed by atoms with Crippen LogP contribution in [-0.4, -0.2) is 84.6 Å².